The smallest absolute Gasteiger partial charge is 0.147 e. The average molecular weight is 860 g/mol. The molecular weight excluding hydrogens is 810 g/mol. The predicted molar refractivity (Wildman–Crippen MR) is 236 cm³/mol. The predicted octanol–water partition coefficient (Wildman–Crippen LogP) is 13.5. The van der Waals surface area contributed by atoms with E-state index in [1.807, 2.05) is 24.3 Å². The van der Waals surface area contributed by atoms with Crippen molar-refractivity contribution in [3.8, 4) is 11.1 Å². The van der Waals surface area contributed by atoms with Crippen LogP contribution >= 0.6 is 48.0 Å². The molecule has 7 rings (SSSR count). The zero-order valence-corrected chi connectivity index (χ0v) is 37.6. The third-order valence-electron chi connectivity index (χ3n) is 10.9. The Kier molecular flexibility index (Phi) is 12.4. The van der Waals surface area contributed by atoms with E-state index in [-0.39, 0.29) is 41.6 Å². The molecule has 5 heteroatoms. The maximum Gasteiger partial charge on any atom is -0.147 e. The van der Waals surface area contributed by atoms with Gasteiger partial charge in [-0.3, -0.25) is 0 Å². The first-order valence-electron chi connectivity index (χ1n) is 18.2. The van der Waals surface area contributed by atoms with Gasteiger partial charge in [0.25, 0.3) is 0 Å². The van der Waals surface area contributed by atoms with Gasteiger partial charge in [0.2, 0.25) is 0 Å². The van der Waals surface area contributed by atoms with E-state index < -0.39 is 19.3 Å². The molecule has 0 radical (unpaired) electrons. The van der Waals surface area contributed by atoms with Gasteiger partial charge in [0.15, 0.2) is 0 Å². The van der Waals surface area contributed by atoms with Gasteiger partial charge in [-0.15, -0.1) is 24.8 Å². The van der Waals surface area contributed by atoms with Crippen molar-refractivity contribution in [1.82, 2.24) is 0 Å². The summed E-state index contributed by atoms with van der Waals surface area (Å²) in [5.74, 6) is 0.272. The topological polar surface area (TPSA) is 0 Å². The molecule has 0 aromatic heterocycles. The maximum atomic E-state index is 6.51. The molecule has 0 heterocycles. The van der Waals surface area contributed by atoms with Crippen molar-refractivity contribution in [3.63, 3.8) is 0 Å². The molecule has 0 spiro atoms. The fraction of sp³-hybridized carbons (Fsp3) is 0.250. The van der Waals surface area contributed by atoms with Crippen LogP contribution in [-0.2, 0) is 36.5 Å². The zero-order chi connectivity index (χ0) is 36.3. The molecular formula is C48H50Cl4Zr. The Morgan fingerprint density at radius 2 is 1.17 bits per heavy atom. The van der Waals surface area contributed by atoms with E-state index in [2.05, 4.69) is 154 Å². The van der Waals surface area contributed by atoms with Gasteiger partial charge in [0, 0.05) is 0 Å². The molecule has 0 N–H and O–H groups in total. The van der Waals surface area contributed by atoms with Crippen molar-refractivity contribution in [2.45, 2.75) is 72.6 Å². The van der Waals surface area contributed by atoms with E-state index in [0.29, 0.717) is 0 Å². The van der Waals surface area contributed by atoms with E-state index in [4.69, 9.17) is 23.2 Å². The zero-order valence-electron chi connectivity index (χ0n) is 32.0. The summed E-state index contributed by atoms with van der Waals surface area (Å²) >= 11 is 8.93. The number of fused-ring (bicyclic) bond motifs is 3. The Balaban J connectivity index is 0.00000271. The second kappa shape index (κ2) is 15.8. The van der Waals surface area contributed by atoms with Crippen molar-refractivity contribution < 1.29 is 19.3 Å². The van der Waals surface area contributed by atoms with Crippen molar-refractivity contribution >= 4 is 64.3 Å². The minimum atomic E-state index is -4.10. The number of rotatable bonds is 5. The monoisotopic (exact) mass is 856 g/mol. The second-order valence-electron chi connectivity index (χ2n) is 16.6. The van der Waals surface area contributed by atoms with E-state index in [0.717, 1.165) is 16.5 Å². The van der Waals surface area contributed by atoms with Crippen LogP contribution in [0.25, 0.3) is 16.7 Å². The molecule has 2 aliphatic carbocycles. The Hall–Kier alpha value is -2.64. The van der Waals surface area contributed by atoms with Gasteiger partial charge in [0.05, 0.1) is 0 Å². The van der Waals surface area contributed by atoms with Crippen molar-refractivity contribution in [2.75, 3.05) is 0 Å². The molecule has 5 aromatic carbocycles. The normalized spacial score (nSPS) is 14.9. The maximum absolute atomic E-state index is 6.51. The summed E-state index contributed by atoms with van der Waals surface area (Å²) in [7, 11) is 0. The van der Waals surface area contributed by atoms with Gasteiger partial charge < -0.3 is 0 Å². The summed E-state index contributed by atoms with van der Waals surface area (Å²) in [6, 6.07) is 40.3. The molecule has 0 saturated heterocycles. The van der Waals surface area contributed by atoms with Crippen molar-refractivity contribution in [1.29, 1.82) is 0 Å². The van der Waals surface area contributed by atoms with Crippen LogP contribution in [0.3, 0.4) is 0 Å². The number of halogens is 4. The molecule has 2 aliphatic rings. The first kappa shape index (κ1) is 41.5. The Labute approximate surface area is 343 Å². The number of allylic oxidation sites excluding steroid dienone is 4. The first-order valence-corrected chi connectivity index (χ1v) is 24.2. The number of hydrogen-bond acceptors (Lipinski definition) is 0. The summed E-state index contributed by atoms with van der Waals surface area (Å²) in [6.45, 7) is 18.8. The average Bonchev–Trinajstić information content (AvgIpc) is 3.61. The Morgan fingerprint density at radius 1 is 0.642 bits per heavy atom. The number of hydrogen-bond donors (Lipinski definition) is 0. The summed E-state index contributed by atoms with van der Waals surface area (Å²) < 4.78 is 8.58. The molecule has 0 nitrogen and oxygen atoms in total. The van der Waals surface area contributed by atoms with Gasteiger partial charge in [-0.2, -0.15) is 0 Å². The van der Waals surface area contributed by atoms with Crippen LogP contribution in [-0.4, -0.2) is 7.42 Å². The summed E-state index contributed by atoms with van der Waals surface area (Å²) in [5.41, 5.74) is 15.0. The van der Waals surface area contributed by atoms with Crippen LogP contribution in [0, 0.1) is 5.92 Å². The van der Waals surface area contributed by atoms with Crippen LogP contribution in [0.15, 0.2) is 124 Å². The fourth-order valence-electron chi connectivity index (χ4n) is 8.25. The summed E-state index contributed by atoms with van der Waals surface area (Å²) in [5, 5.41) is 1.51. The Bertz CT molecular complexity index is 2280. The van der Waals surface area contributed by atoms with Crippen LogP contribution in [0.4, 0.5) is 0 Å². The van der Waals surface area contributed by atoms with Crippen molar-refractivity contribution in [2.24, 2.45) is 5.92 Å². The van der Waals surface area contributed by atoms with Crippen molar-refractivity contribution in [3.05, 3.63) is 173 Å². The van der Waals surface area contributed by atoms with Gasteiger partial charge >= 0.3 is 322 Å². The van der Waals surface area contributed by atoms with E-state index in [9.17, 15) is 0 Å². The number of benzene rings is 5. The summed E-state index contributed by atoms with van der Waals surface area (Å²) in [6.07, 6.45) is 3.46. The molecule has 5 aromatic rings. The first-order chi connectivity index (χ1) is 24.1. The van der Waals surface area contributed by atoms with Gasteiger partial charge in [-0.1, -0.05) is 0 Å². The van der Waals surface area contributed by atoms with E-state index >= 15 is 0 Å². The van der Waals surface area contributed by atoms with Crippen LogP contribution < -0.4 is 3.27 Å². The molecule has 0 saturated carbocycles. The molecule has 274 valence electrons. The van der Waals surface area contributed by atoms with Crippen LogP contribution in [0.2, 0.25) is 10.0 Å². The van der Waals surface area contributed by atoms with Gasteiger partial charge in [-0.05, 0) is 0 Å². The third-order valence-corrected chi connectivity index (χ3v) is 22.8. The SMILES string of the molecule is CC1=[C]([Zr](=[CH]c2ccc(Cl)cc2)(=[CH]c2ccc(Cl)cc2)[c]2cc(C(C)(C)C)cc3c2Cc2ccc(C(C)(C)C)cc2-3)C(C)C=C1c1ccccc1.Cl.Cl. The van der Waals surface area contributed by atoms with Gasteiger partial charge in [-0.25, -0.2) is 0 Å². The molecule has 1 unspecified atom stereocenters. The third kappa shape index (κ3) is 8.18. The van der Waals surface area contributed by atoms with E-state index in [1.54, 1.807) is 6.55 Å². The Morgan fingerprint density at radius 3 is 1.70 bits per heavy atom. The molecule has 0 amide bonds. The molecule has 0 fully saturated rings. The standard InChI is InChI=1S/C21H25.C13H13.2C7H5Cl.2ClH.Zr/c1-20(2,3)16-9-7-14-11-15-8-10-17(21(4,5)6)13-19(15)18(14)12-16;1-10-8-11(2)13(9-10)12-6-4-3-5-7-12;2*1-6-2-4-7(8)5-3-6;;;/h7,9-10,12-13H,11H2,1-6H3;3-7,9-10H,1-2H3;2*1-5H;2*1H;. The summed E-state index contributed by atoms with van der Waals surface area (Å²) in [4.78, 5) is 0. The molecule has 1 atom stereocenters. The van der Waals surface area contributed by atoms with Gasteiger partial charge in [0.1, 0.15) is 0 Å². The molecule has 0 aliphatic heterocycles. The minimum Gasteiger partial charge on any atom is -0.147 e. The fourth-order valence-corrected chi connectivity index (χ4v) is 21.1. The quantitative estimate of drug-likeness (QED) is 0.162. The van der Waals surface area contributed by atoms with Crippen LogP contribution in [0.1, 0.15) is 94.3 Å². The van der Waals surface area contributed by atoms with E-state index in [1.165, 1.54) is 61.2 Å². The van der Waals surface area contributed by atoms with Crippen LogP contribution in [0.5, 0.6) is 0 Å². The molecule has 53 heavy (non-hydrogen) atoms. The largest absolute Gasteiger partial charge is 0.147 e. The molecule has 0 bridgehead atoms. The minimum absolute atomic E-state index is 0. The second-order valence-corrected chi connectivity index (χ2v) is 25.8.